The van der Waals surface area contributed by atoms with Crippen molar-refractivity contribution in [2.24, 2.45) is 5.73 Å². The molecule has 1 aromatic rings. The van der Waals surface area contributed by atoms with Crippen LogP contribution >= 0.6 is 0 Å². The van der Waals surface area contributed by atoms with Crippen LogP contribution in [0.4, 0.5) is 0 Å². The lowest BCUT2D eigenvalue weighted by molar-refractivity contribution is -0.131. The van der Waals surface area contributed by atoms with E-state index < -0.39 is 0 Å². The average molecular weight is 263 g/mol. The third kappa shape index (κ3) is 3.03. The zero-order valence-electron chi connectivity index (χ0n) is 10.6. The van der Waals surface area contributed by atoms with E-state index in [1.807, 2.05) is 0 Å². The summed E-state index contributed by atoms with van der Waals surface area (Å²) in [6, 6.07) is 6.27. The minimum Gasteiger partial charge on any atom is -0.508 e. The number of phenols is 1. The molecule has 19 heavy (non-hydrogen) atoms. The van der Waals surface area contributed by atoms with Gasteiger partial charge in [0.15, 0.2) is 0 Å². The fraction of sp³-hybridized carbons (Fsp3) is 0.385. The van der Waals surface area contributed by atoms with Crippen LogP contribution in [-0.4, -0.2) is 59.4 Å². The van der Waals surface area contributed by atoms with Gasteiger partial charge in [0.25, 0.3) is 5.91 Å². The number of rotatable bonds is 2. The Hall–Kier alpha value is -2.08. The predicted molar refractivity (Wildman–Crippen MR) is 69.6 cm³/mol. The second-order valence-corrected chi connectivity index (χ2v) is 4.43. The van der Waals surface area contributed by atoms with Crippen LogP contribution in [-0.2, 0) is 4.79 Å². The van der Waals surface area contributed by atoms with E-state index >= 15 is 0 Å². The Bertz CT molecular complexity index is 482. The standard InChI is InChI=1S/C13H17N3O3/c14-9-12(18)15-4-6-16(7-5-15)13(19)10-2-1-3-11(17)8-10/h1-3,8,17H,4-7,9,14H2. The quantitative estimate of drug-likeness (QED) is 0.762. The van der Waals surface area contributed by atoms with E-state index in [2.05, 4.69) is 0 Å². The number of hydrogen-bond acceptors (Lipinski definition) is 4. The number of phenolic OH excluding ortho intramolecular Hbond substituents is 1. The number of carbonyl (C=O) groups excluding carboxylic acids is 2. The van der Waals surface area contributed by atoms with E-state index in [1.54, 1.807) is 21.9 Å². The molecule has 102 valence electrons. The monoisotopic (exact) mass is 263 g/mol. The molecule has 0 spiro atoms. The van der Waals surface area contributed by atoms with Crippen LogP contribution in [0.3, 0.4) is 0 Å². The maximum Gasteiger partial charge on any atom is 0.254 e. The first-order valence-corrected chi connectivity index (χ1v) is 6.18. The smallest absolute Gasteiger partial charge is 0.254 e. The third-order valence-electron chi connectivity index (χ3n) is 3.19. The Kier molecular flexibility index (Phi) is 4.01. The zero-order chi connectivity index (χ0) is 13.8. The SMILES string of the molecule is NCC(=O)N1CCN(C(=O)c2cccc(O)c2)CC1. The van der Waals surface area contributed by atoms with Crippen molar-refractivity contribution >= 4 is 11.8 Å². The van der Waals surface area contributed by atoms with Crippen molar-refractivity contribution in [1.29, 1.82) is 0 Å². The summed E-state index contributed by atoms with van der Waals surface area (Å²) in [6.45, 7) is 1.97. The summed E-state index contributed by atoms with van der Waals surface area (Å²) in [4.78, 5) is 26.9. The molecule has 0 saturated carbocycles. The Labute approximate surface area is 111 Å². The molecule has 6 heteroatoms. The second kappa shape index (κ2) is 5.71. The molecule has 2 rings (SSSR count). The maximum absolute atomic E-state index is 12.2. The van der Waals surface area contributed by atoms with Gasteiger partial charge in [0, 0.05) is 31.7 Å². The fourth-order valence-electron chi connectivity index (χ4n) is 2.11. The Balaban J connectivity index is 1.98. The normalized spacial score (nSPS) is 15.4. The van der Waals surface area contributed by atoms with Crippen LogP contribution in [0.1, 0.15) is 10.4 Å². The van der Waals surface area contributed by atoms with Gasteiger partial charge in [-0.1, -0.05) is 6.07 Å². The molecule has 6 nitrogen and oxygen atoms in total. The van der Waals surface area contributed by atoms with Gasteiger partial charge in [-0.05, 0) is 18.2 Å². The number of piperazine rings is 1. The lowest BCUT2D eigenvalue weighted by Crippen LogP contribution is -2.51. The molecule has 0 radical (unpaired) electrons. The highest BCUT2D eigenvalue weighted by molar-refractivity contribution is 5.94. The van der Waals surface area contributed by atoms with Gasteiger partial charge in [-0.3, -0.25) is 9.59 Å². The van der Waals surface area contributed by atoms with Crippen LogP contribution in [0.5, 0.6) is 5.75 Å². The molecule has 1 aromatic carbocycles. The third-order valence-corrected chi connectivity index (χ3v) is 3.19. The predicted octanol–water partition coefficient (Wildman–Crippen LogP) is -0.365. The first-order valence-electron chi connectivity index (χ1n) is 6.18. The molecular formula is C13H17N3O3. The zero-order valence-corrected chi connectivity index (χ0v) is 10.6. The van der Waals surface area contributed by atoms with E-state index in [0.717, 1.165) is 0 Å². The summed E-state index contributed by atoms with van der Waals surface area (Å²) in [5, 5.41) is 9.37. The van der Waals surface area contributed by atoms with E-state index in [1.165, 1.54) is 12.1 Å². The molecule has 3 N–H and O–H groups in total. The largest absolute Gasteiger partial charge is 0.508 e. The molecule has 0 aliphatic carbocycles. The number of nitrogens with zero attached hydrogens (tertiary/aromatic N) is 2. The molecular weight excluding hydrogens is 246 g/mol. The maximum atomic E-state index is 12.2. The Morgan fingerprint density at radius 2 is 1.79 bits per heavy atom. The lowest BCUT2D eigenvalue weighted by Gasteiger charge is -2.34. The minimum atomic E-state index is -0.129. The molecule has 0 atom stereocenters. The van der Waals surface area contributed by atoms with Crippen LogP contribution in [0.15, 0.2) is 24.3 Å². The molecule has 0 unspecified atom stereocenters. The molecule has 0 bridgehead atoms. The summed E-state index contributed by atoms with van der Waals surface area (Å²) < 4.78 is 0. The fourth-order valence-corrected chi connectivity index (χ4v) is 2.11. The van der Waals surface area contributed by atoms with Gasteiger partial charge in [-0.25, -0.2) is 0 Å². The van der Waals surface area contributed by atoms with E-state index in [4.69, 9.17) is 5.73 Å². The number of hydrogen-bond donors (Lipinski definition) is 2. The summed E-state index contributed by atoms with van der Waals surface area (Å²) >= 11 is 0. The van der Waals surface area contributed by atoms with Gasteiger partial charge in [-0.15, -0.1) is 0 Å². The van der Waals surface area contributed by atoms with Crippen molar-refractivity contribution in [2.45, 2.75) is 0 Å². The van der Waals surface area contributed by atoms with E-state index in [9.17, 15) is 14.7 Å². The minimum absolute atomic E-state index is 0.000500. The van der Waals surface area contributed by atoms with Gasteiger partial charge >= 0.3 is 0 Å². The second-order valence-electron chi connectivity index (χ2n) is 4.43. The van der Waals surface area contributed by atoms with Crippen LogP contribution < -0.4 is 5.73 Å². The van der Waals surface area contributed by atoms with Crippen molar-refractivity contribution in [3.05, 3.63) is 29.8 Å². The topological polar surface area (TPSA) is 86.9 Å². The van der Waals surface area contributed by atoms with Gasteiger partial charge in [0.2, 0.25) is 5.91 Å². The summed E-state index contributed by atoms with van der Waals surface area (Å²) in [5.41, 5.74) is 5.76. The molecule has 2 amide bonds. The number of aromatic hydroxyl groups is 1. The molecule has 1 saturated heterocycles. The first kappa shape index (κ1) is 13.4. The molecule has 1 heterocycles. The van der Waals surface area contributed by atoms with Crippen molar-refractivity contribution in [2.75, 3.05) is 32.7 Å². The Morgan fingerprint density at radius 3 is 2.37 bits per heavy atom. The molecule has 1 aliphatic heterocycles. The van der Waals surface area contributed by atoms with E-state index in [0.29, 0.717) is 31.7 Å². The highest BCUT2D eigenvalue weighted by atomic mass is 16.3. The molecule has 1 fully saturated rings. The van der Waals surface area contributed by atoms with Gasteiger partial charge in [0.1, 0.15) is 5.75 Å². The number of amides is 2. The highest BCUT2D eigenvalue weighted by Crippen LogP contribution is 2.14. The van der Waals surface area contributed by atoms with Gasteiger partial charge < -0.3 is 20.6 Å². The summed E-state index contributed by atoms with van der Waals surface area (Å²) in [5.74, 6) is -0.150. The van der Waals surface area contributed by atoms with Gasteiger partial charge in [-0.2, -0.15) is 0 Å². The average Bonchev–Trinajstić information content (AvgIpc) is 2.46. The number of carbonyl (C=O) groups is 2. The lowest BCUT2D eigenvalue weighted by atomic mass is 10.1. The molecule has 0 aromatic heterocycles. The van der Waals surface area contributed by atoms with Crippen LogP contribution in [0.25, 0.3) is 0 Å². The van der Waals surface area contributed by atoms with Crippen molar-refractivity contribution in [3.63, 3.8) is 0 Å². The number of nitrogens with two attached hydrogens (primary N) is 1. The summed E-state index contributed by atoms with van der Waals surface area (Å²) in [7, 11) is 0. The van der Waals surface area contributed by atoms with Crippen LogP contribution in [0.2, 0.25) is 0 Å². The highest BCUT2D eigenvalue weighted by Gasteiger charge is 2.24. The summed E-state index contributed by atoms with van der Waals surface area (Å²) in [6.07, 6.45) is 0. The van der Waals surface area contributed by atoms with Crippen LogP contribution in [0, 0.1) is 0 Å². The first-order chi connectivity index (χ1) is 9.11. The van der Waals surface area contributed by atoms with Gasteiger partial charge in [0.05, 0.1) is 6.54 Å². The van der Waals surface area contributed by atoms with Crippen molar-refractivity contribution in [1.82, 2.24) is 9.80 Å². The Morgan fingerprint density at radius 1 is 1.16 bits per heavy atom. The van der Waals surface area contributed by atoms with Crippen molar-refractivity contribution in [3.8, 4) is 5.75 Å². The number of benzene rings is 1. The molecule has 1 aliphatic rings. The van der Waals surface area contributed by atoms with E-state index in [-0.39, 0.29) is 24.1 Å². The van der Waals surface area contributed by atoms with Crippen molar-refractivity contribution < 1.29 is 14.7 Å².